The molecule has 220 valence electrons. The number of carbonyl (C=O) groups is 2. The van der Waals surface area contributed by atoms with E-state index in [1.807, 2.05) is 0 Å². The van der Waals surface area contributed by atoms with Crippen molar-refractivity contribution in [3.8, 4) is 0 Å². The largest absolute Gasteiger partial charge is 0.481 e. The standard InChI is InChI=1S/C33H64O4/c1-4-7-10-13-15-17-20-25-30-33(28-23-18-12-9-6-3,29-24-19-16-14-11-8-5-2)37-32(36)27-22-21-26-31(34)35/h4-30H2,1-3H3,(H,34,35). The SMILES string of the molecule is CCCCCCCCCCC(CCCCCCC)(CCCCCCCCC)OC(=O)CCCCC(=O)O. The van der Waals surface area contributed by atoms with Crippen molar-refractivity contribution < 1.29 is 19.4 Å². The van der Waals surface area contributed by atoms with Gasteiger partial charge in [-0.3, -0.25) is 9.59 Å². The van der Waals surface area contributed by atoms with Gasteiger partial charge in [0.1, 0.15) is 5.60 Å². The third kappa shape index (κ3) is 23.8. The lowest BCUT2D eigenvalue weighted by molar-refractivity contribution is -0.163. The average molecular weight is 525 g/mol. The van der Waals surface area contributed by atoms with Gasteiger partial charge in [-0.05, 0) is 51.4 Å². The highest BCUT2D eigenvalue weighted by Gasteiger charge is 2.32. The van der Waals surface area contributed by atoms with Gasteiger partial charge in [0.15, 0.2) is 0 Å². The number of carboxylic acid groups (broad SMARTS) is 1. The molecule has 0 aromatic rings. The second-order valence-corrected chi connectivity index (χ2v) is 11.5. The van der Waals surface area contributed by atoms with Crippen LogP contribution < -0.4 is 0 Å². The predicted octanol–water partition coefficient (Wildman–Crippen LogP) is 10.9. The van der Waals surface area contributed by atoms with Crippen LogP contribution in [-0.4, -0.2) is 22.6 Å². The second-order valence-electron chi connectivity index (χ2n) is 11.5. The number of aliphatic carboxylic acids is 1. The van der Waals surface area contributed by atoms with Crippen LogP contribution in [0, 0.1) is 0 Å². The van der Waals surface area contributed by atoms with E-state index in [1.165, 1.54) is 109 Å². The molecule has 0 saturated heterocycles. The van der Waals surface area contributed by atoms with E-state index in [1.54, 1.807) is 0 Å². The highest BCUT2D eigenvalue weighted by molar-refractivity contribution is 5.70. The summed E-state index contributed by atoms with van der Waals surface area (Å²) in [5, 5.41) is 8.90. The van der Waals surface area contributed by atoms with Crippen LogP contribution in [0.3, 0.4) is 0 Å². The monoisotopic (exact) mass is 524 g/mol. The Labute approximate surface area is 231 Å². The van der Waals surface area contributed by atoms with Crippen LogP contribution in [-0.2, 0) is 14.3 Å². The summed E-state index contributed by atoms with van der Waals surface area (Å²) in [5.74, 6) is -0.898. The average Bonchev–Trinajstić information content (AvgIpc) is 2.87. The molecule has 4 nitrogen and oxygen atoms in total. The Bertz CT molecular complexity index is 518. The highest BCUT2D eigenvalue weighted by atomic mass is 16.6. The first-order valence-corrected chi connectivity index (χ1v) is 16.4. The number of carbonyl (C=O) groups excluding carboxylic acids is 1. The minimum absolute atomic E-state index is 0.110. The molecule has 0 heterocycles. The quantitative estimate of drug-likeness (QED) is 0.0780. The van der Waals surface area contributed by atoms with E-state index >= 15 is 0 Å². The number of ether oxygens (including phenoxy) is 1. The van der Waals surface area contributed by atoms with Crippen LogP contribution in [0.15, 0.2) is 0 Å². The van der Waals surface area contributed by atoms with Crippen LogP contribution in [0.4, 0.5) is 0 Å². The van der Waals surface area contributed by atoms with Crippen molar-refractivity contribution in [1.29, 1.82) is 0 Å². The zero-order valence-corrected chi connectivity index (χ0v) is 25.3. The summed E-state index contributed by atoms with van der Waals surface area (Å²) < 4.78 is 6.37. The van der Waals surface area contributed by atoms with Gasteiger partial charge < -0.3 is 9.84 Å². The molecule has 0 radical (unpaired) electrons. The zero-order chi connectivity index (χ0) is 27.5. The van der Waals surface area contributed by atoms with E-state index in [2.05, 4.69) is 20.8 Å². The van der Waals surface area contributed by atoms with Crippen LogP contribution >= 0.6 is 0 Å². The molecular formula is C33H64O4. The summed E-state index contributed by atoms with van der Waals surface area (Å²) in [4.78, 5) is 23.7. The zero-order valence-electron chi connectivity index (χ0n) is 25.3. The number of rotatable bonds is 29. The molecule has 37 heavy (non-hydrogen) atoms. The summed E-state index contributed by atoms with van der Waals surface area (Å²) in [6, 6.07) is 0. The van der Waals surface area contributed by atoms with Crippen molar-refractivity contribution in [2.75, 3.05) is 0 Å². The van der Waals surface area contributed by atoms with Crippen LogP contribution in [0.1, 0.15) is 194 Å². The summed E-state index contributed by atoms with van der Waals surface area (Å²) >= 11 is 0. The predicted molar refractivity (Wildman–Crippen MR) is 158 cm³/mol. The Hall–Kier alpha value is -1.06. The number of esters is 1. The van der Waals surface area contributed by atoms with Gasteiger partial charge in [-0.25, -0.2) is 0 Å². The van der Waals surface area contributed by atoms with Crippen LogP contribution in [0.2, 0.25) is 0 Å². The topological polar surface area (TPSA) is 63.6 Å². The molecule has 0 saturated carbocycles. The molecule has 4 heteroatoms. The van der Waals surface area contributed by atoms with E-state index in [0.29, 0.717) is 19.3 Å². The van der Waals surface area contributed by atoms with Gasteiger partial charge in [-0.2, -0.15) is 0 Å². The van der Waals surface area contributed by atoms with Gasteiger partial charge in [0.2, 0.25) is 0 Å². The smallest absolute Gasteiger partial charge is 0.306 e. The van der Waals surface area contributed by atoms with Gasteiger partial charge in [0.05, 0.1) is 0 Å². The molecular weight excluding hydrogens is 460 g/mol. The molecule has 0 rings (SSSR count). The lowest BCUT2D eigenvalue weighted by Crippen LogP contribution is -2.35. The van der Waals surface area contributed by atoms with Crippen molar-refractivity contribution in [1.82, 2.24) is 0 Å². The Morgan fingerprint density at radius 1 is 0.486 bits per heavy atom. The van der Waals surface area contributed by atoms with E-state index in [-0.39, 0.29) is 18.0 Å². The Morgan fingerprint density at radius 2 is 0.811 bits per heavy atom. The fraction of sp³-hybridized carbons (Fsp3) is 0.939. The molecule has 0 aliphatic rings. The molecule has 0 aliphatic carbocycles. The summed E-state index contributed by atoms with van der Waals surface area (Å²) in [6.07, 6.45) is 30.0. The minimum atomic E-state index is -0.788. The molecule has 1 unspecified atom stereocenters. The fourth-order valence-corrected chi connectivity index (χ4v) is 5.40. The third-order valence-corrected chi connectivity index (χ3v) is 7.81. The molecule has 1 N–H and O–H groups in total. The van der Waals surface area contributed by atoms with Crippen LogP contribution in [0.5, 0.6) is 0 Å². The van der Waals surface area contributed by atoms with Crippen molar-refractivity contribution in [3.05, 3.63) is 0 Å². The Morgan fingerprint density at radius 3 is 1.16 bits per heavy atom. The molecule has 0 aromatic heterocycles. The number of hydrogen-bond acceptors (Lipinski definition) is 3. The number of carboxylic acids is 1. The van der Waals surface area contributed by atoms with E-state index in [4.69, 9.17) is 9.84 Å². The first-order valence-electron chi connectivity index (χ1n) is 16.4. The van der Waals surface area contributed by atoms with Gasteiger partial charge >= 0.3 is 11.9 Å². The lowest BCUT2D eigenvalue weighted by atomic mass is 9.84. The summed E-state index contributed by atoms with van der Waals surface area (Å²) in [7, 11) is 0. The van der Waals surface area contributed by atoms with Crippen LogP contribution in [0.25, 0.3) is 0 Å². The number of hydrogen-bond donors (Lipinski definition) is 1. The molecule has 0 aromatic carbocycles. The molecule has 0 bridgehead atoms. The first-order chi connectivity index (χ1) is 18.0. The van der Waals surface area contributed by atoms with Crippen molar-refractivity contribution in [3.63, 3.8) is 0 Å². The van der Waals surface area contributed by atoms with Crippen molar-refractivity contribution >= 4 is 11.9 Å². The van der Waals surface area contributed by atoms with E-state index < -0.39 is 5.97 Å². The van der Waals surface area contributed by atoms with Gasteiger partial charge in [0.25, 0.3) is 0 Å². The Balaban J connectivity index is 4.97. The highest BCUT2D eigenvalue weighted by Crippen LogP contribution is 2.34. The van der Waals surface area contributed by atoms with Crippen molar-refractivity contribution in [2.24, 2.45) is 0 Å². The molecule has 1 atom stereocenters. The van der Waals surface area contributed by atoms with E-state index in [9.17, 15) is 9.59 Å². The number of unbranched alkanes of at least 4 members (excludes halogenated alkanes) is 18. The lowest BCUT2D eigenvalue weighted by Gasteiger charge is -2.34. The summed E-state index contributed by atoms with van der Waals surface area (Å²) in [6.45, 7) is 6.77. The van der Waals surface area contributed by atoms with Gasteiger partial charge in [0, 0.05) is 12.8 Å². The fourth-order valence-electron chi connectivity index (χ4n) is 5.40. The van der Waals surface area contributed by atoms with Gasteiger partial charge in [-0.1, -0.05) is 130 Å². The maximum Gasteiger partial charge on any atom is 0.306 e. The first kappa shape index (κ1) is 35.9. The minimum Gasteiger partial charge on any atom is -0.481 e. The third-order valence-electron chi connectivity index (χ3n) is 7.81. The van der Waals surface area contributed by atoms with Crippen molar-refractivity contribution in [2.45, 2.75) is 200 Å². The molecule has 0 aliphatic heterocycles. The van der Waals surface area contributed by atoms with E-state index in [0.717, 1.165) is 38.5 Å². The summed E-state index contributed by atoms with van der Waals surface area (Å²) in [5.41, 5.74) is -0.318. The molecule has 0 fully saturated rings. The molecule has 0 amide bonds. The van der Waals surface area contributed by atoms with Gasteiger partial charge in [-0.15, -0.1) is 0 Å². The second kappa shape index (κ2) is 26.5. The normalized spacial score (nSPS) is 12.9. The molecule has 0 spiro atoms. The maximum atomic E-state index is 12.9. The maximum absolute atomic E-state index is 12.9. The Kier molecular flexibility index (Phi) is 25.8.